The molecule has 82 heavy (non-hydrogen) atoms. The Bertz CT molecular complexity index is 2290. The van der Waals surface area contributed by atoms with Gasteiger partial charge in [-0.2, -0.15) is 0 Å². The van der Waals surface area contributed by atoms with Gasteiger partial charge in [-0.15, -0.1) is 0 Å². The fourth-order valence-electron chi connectivity index (χ4n) is 10.8. The molecule has 8 bridgehead atoms. The van der Waals surface area contributed by atoms with Crippen molar-refractivity contribution >= 4 is 177 Å². The molecule has 0 saturated carbocycles. The van der Waals surface area contributed by atoms with Gasteiger partial charge in [0.25, 0.3) is 0 Å². The minimum Gasteiger partial charge on any atom is -0.394 e. The standard InChI is InChI=1S/C30H86O32Si20/c1-27-33-67(11)45-68(12,34-28-2)49-79(23)51-71(15,47-67)37-63(7)38-72(16,55-79)52-77(21)43-66(10,32-6)44-78(22)54-74(18)40-64(8)39-73(17,56-81(25,57-74)62-82(26,60-77)61-78)53-76(20)42-65(9,31-5)41-75(19)48-69(13,35-29-3)46-70(14,36-30-4)50-80(24,58-75)59-76/h27-30H2,1-26H3. The Morgan fingerprint density at radius 3 is 0.695 bits per heavy atom. The van der Waals surface area contributed by atoms with Gasteiger partial charge in [0, 0.05) is 158 Å². The Morgan fingerprint density at radius 1 is 0.232 bits per heavy atom. The highest BCUT2D eigenvalue weighted by Gasteiger charge is 2.76. The molecule has 7 fully saturated rings. The largest absolute Gasteiger partial charge is 0.482 e. The lowest BCUT2D eigenvalue weighted by atomic mass is 10.9. The number of rotatable bonds is 14. The van der Waals surface area contributed by atoms with Crippen LogP contribution in [0.3, 0.4) is 0 Å². The quantitative estimate of drug-likeness (QED) is 0.217. The van der Waals surface area contributed by atoms with E-state index in [1.807, 2.05) is 27.7 Å². The molecule has 478 valence electrons. The maximum absolute atomic E-state index is 7.19. The first-order valence-electron chi connectivity index (χ1n) is 26.6. The summed E-state index contributed by atoms with van der Waals surface area (Å²) < 4.78 is 217. The smallest absolute Gasteiger partial charge is 0.394 e. The van der Waals surface area contributed by atoms with Crippen molar-refractivity contribution in [2.45, 2.75) is 159 Å². The zero-order valence-electron chi connectivity index (χ0n) is 51.9. The lowest BCUT2D eigenvalue weighted by molar-refractivity contribution is 0.0188. The summed E-state index contributed by atoms with van der Waals surface area (Å²) in [6.45, 7) is 42.0. The molecule has 2 radical (unpaired) electrons. The van der Waals surface area contributed by atoms with Crippen LogP contribution in [0.15, 0.2) is 0 Å². The maximum atomic E-state index is 7.19. The third-order valence-electron chi connectivity index (χ3n) is 11.8. The lowest BCUT2D eigenvalue weighted by Crippen LogP contribution is -2.80. The number of hydrogen-bond acceptors (Lipinski definition) is 32. The molecule has 0 aromatic carbocycles. The molecule has 7 heterocycles. The Labute approximate surface area is 506 Å². The fraction of sp³-hybridized carbons (Fsp3) is 1.00. The van der Waals surface area contributed by atoms with Crippen molar-refractivity contribution in [2.75, 3.05) is 40.6 Å². The van der Waals surface area contributed by atoms with E-state index in [1.54, 1.807) is 131 Å². The first-order valence-corrected chi connectivity index (χ1v) is 70.3. The molecule has 7 aliphatic rings. The number of hydrogen-bond donors (Lipinski definition) is 0. The van der Waals surface area contributed by atoms with Crippen LogP contribution < -0.4 is 0 Å². The molecule has 18 unspecified atom stereocenters. The summed E-state index contributed by atoms with van der Waals surface area (Å²) in [5, 5.41) is 0. The Kier molecular flexibility index (Phi) is 21.9. The third-order valence-corrected chi connectivity index (χ3v) is 92.4. The second-order valence-corrected chi connectivity index (χ2v) is 77.5. The van der Waals surface area contributed by atoms with Crippen LogP contribution in [0.1, 0.15) is 27.7 Å². The summed E-state index contributed by atoms with van der Waals surface area (Å²) in [4.78, 5) is 0. The van der Waals surface area contributed by atoms with Gasteiger partial charge in [-0.1, -0.05) is 0 Å². The highest BCUT2D eigenvalue weighted by atomic mass is 28.6. The maximum Gasteiger partial charge on any atom is 0.482 e. The molecule has 7 rings (SSSR count). The Hall–Kier alpha value is 3.06. The van der Waals surface area contributed by atoms with Crippen LogP contribution >= 0.6 is 0 Å². The minimum absolute atomic E-state index is 0.229. The average molecular weight is 1520 g/mol. The topological polar surface area (TPSA) is 295 Å². The minimum atomic E-state index is -4.42. The second-order valence-electron chi connectivity index (χ2n) is 21.3. The van der Waals surface area contributed by atoms with E-state index < -0.39 is 177 Å². The molecule has 7 aliphatic heterocycles. The predicted molar refractivity (Wildman–Crippen MR) is 321 cm³/mol. The van der Waals surface area contributed by atoms with E-state index >= 15 is 0 Å². The molecule has 52 heteroatoms. The second kappa shape index (κ2) is 24.8. The van der Waals surface area contributed by atoms with E-state index in [1.165, 1.54) is 14.2 Å². The molecule has 7 saturated heterocycles. The Morgan fingerprint density at radius 2 is 0.427 bits per heavy atom. The monoisotopic (exact) mass is 1520 g/mol. The SMILES string of the molecule is CCO[Si]1(C)O[Si](C)(OCC)O[Si]2(C)O[Si](C)(O[Si](C)O[Si](C)(O[Si]3(C)O[Si](C)(OC)O[Si]4(C)O[Si]5(C)O[Si](C)O[Si](C)(O[Si]6(C)O[Si](C)(OC)O[Si]7(C)O[Si](C)(OCC)O[Si](C)(OCC)O[Si](C)(O7)O6)O[Si](C)(O5)O[Si](C)(O3)O4)O2)O1. The molecular formula is C30H86O32Si20. The van der Waals surface area contributed by atoms with E-state index in [0.29, 0.717) is 0 Å². The summed E-state index contributed by atoms with van der Waals surface area (Å²) >= 11 is 0. The average Bonchev–Trinajstić information content (AvgIpc) is 1.90. The highest BCUT2D eigenvalue weighted by Crippen LogP contribution is 2.46. The van der Waals surface area contributed by atoms with Crippen molar-refractivity contribution in [3.63, 3.8) is 0 Å². The van der Waals surface area contributed by atoms with E-state index in [2.05, 4.69) is 0 Å². The van der Waals surface area contributed by atoms with Gasteiger partial charge >= 0.3 is 177 Å². The highest BCUT2D eigenvalue weighted by molar-refractivity contribution is 7.00. The van der Waals surface area contributed by atoms with Crippen molar-refractivity contribution < 1.29 is 134 Å². The van der Waals surface area contributed by atoms with Crippen molar-refractivity contribution in [3.05, 3.63) is 0 Å². The van der Waals surface area contributed by atoms with Crippen molar-refractivity contribution in [3.8, 4) is 0 Å². The summed E-state index contributed by atoms with van der Waals surface area (Å²) in [6.07, 6.45) is 0. The van der Waals surface area contributed by atoms with Gasteiger partial charge in [0.1, 0.15) is 0 Å². The molecule has 0 aromatic rings. The molecule has 0 amide bonds. The molecular weight excluding hydrogens is 1430 g/mol. The van der Waals surface area contributed by atoms with Gasteiger partial charge in [0.05, 0.1) is 0 Å². The fourth-order valence-corrected chi connectivity index (χ4v) is 108. The zero-order chi connectivity index (χ0) is 61.6. The van der Waals surface area contributed by atoms with Crippen LogP contribution in [-0.2, 0) is 134 Å². The van der Waals surface area contributed by atoms with E-state index in [-0.39, 0.29) is 26.4 Å². The van der Waals surface area contributed by atoms with E-state index in [9.17, 15) is 0 Å². The first-order chi connectivity index (χ1) is 37.1. The van der Waals surface area contributed by atoms with Crippen LogP contribution in [-0.4, -0.2) is 218 Å². The Balaban J connectivity index is 1.26. The zero-order valence-corrected chi connectivity index (χ0v) is 71.9. The van der Waals surface area contributed by atoms with Crippen molar-refractivity contribution in [1.29, 1.82) is 0 Å². The van der Waals surface area contributed by atoms with Crippen molar-refractivity contribution in [1.82, 2.24) is 0 Å². The number of fused-ring (bicyclic) bond motifs is 8. The molecule has 0 spiro atoms. The van der Waals surface area contributed by atoms with Crippen LogP contribution in [0.2, 0.25) is 131 Å². The van der Waals surface area contributed by atoms with Gasteiger partial charge in [-0.3, -0.25) is 0 Å². The molecule has 0 aliphatic carbocycles. The summed E-state index contributed by atoms with van der Waals surface area (Å²) in [7, 11) is -74.2. The van der Waals surface area contributed by atoms with Crippen LogP contribution in [0.25, 0.3) is 0 Å². The van der Waals surface area contributed by atoms with Gasteiger partial charge in [-0.05, 0) is 40.8 Å². The first kappa shape index (κ1) is 72.5. The molecule has 32 nitrogen and oxygen atoms in total. The lowest BCUT2D eigenvalue weighted by Gasteiger charge is -2.55. The van der Waals surface area contributed by atoms with E-state index in [0.717, 1.165) is 0 Å². The molecule has 0 aromatic heterocycles. The van der Waals surface area contributed by atoms with Gasteiger partial charge in [-0.25, -0.2) is 0 Å². The normalized spacial score (nSPS) is 53.2. The molecule has 18 atom stereocenters. The van der Waals surface area contributed by atoms with Gasteiger partial charge in [0.2, 0.25) is 0 Å². The van der Waals surface area contributed by atoms with Gasteiger partial charge in [0.15, 0.2) is 0 Å². The predicted octanol–water partition coefficient (Wildman–Crippen LogP) is 4.42. The van der Waals surface area contributed by atoms with Crippen LogP contribution in [0.4, 0.5) is 0 Å². The summed E-state index contributed by atoms with van der Waals surface area (Å²) in [5.74, 6) is 0. The van der Waals surface area contributed by atoms with Crippen LogP contribution in [0.5, 0.6) is 0 Å². The van der Waals surface area contributed by atoms with Gasteiger partial charge < -0.3 is 134 Å². The third kappa shape index (κ3) is 17.8. The van der Waals surface area contributed by atoms with Crippen molar-refractivity contribution in [2.24, 2.45) is 0 Å². The van der Waals surface area contributed by atoms with Crippen LogP contribution in [0, 0.1) is 0 Å². The summed E-state index contributed by atoms with van der Waals surface area (Å²) in [6, 6.07) is 0. The molecule has 0 N–H and O–H groups in total. The summed E-state index contributed by atoms with van der Waals surface area (Å²) in [5.41, 5.74) is 0. The van der Waals surface area contributed by atoms with E-state index in [4.69, 9.17) is 134 Å².